The van der Waals surface area contributed by atoms with E-state index >= 15 is 0 Å². The van der Waals surface area contributed by atoms with Crippen molar-refractivity contribution in [2.75, 3.05) is 6.26 Å². The van der Waals surface area contributed by atoms with Crippen molar-refractivity contribution in [2.45, 2.75) is 23.9 Å². The molecular weight excluding hydrogens is 507 g/mol. The molecule has 11 heteroatoms. The van der Waals surface area contributed by atoms with Crippen LogP contribution in [0.2, 0.25) is 5.02 Å². The van der Waals surface area contributed by atoms with Crippen LogP contribution < -0.4 is 17.0 Å². The van der Waals surface area contributed by atoms with Crippen LogP contribution in [-0.2, 0) is 22.8 Å². The molecule has 0 saturated carbocycles. The van der Waals surface area contributed by atoms with Crippen LogP contribution >= 0.6 is 11.6 Å². The van der Waals surface area contributed by atoms with Gasteiger partial charge < -0.3 is 5.73 Å². The summed E-state index contributed by atoms with van der Waals surface area (Å²) in [5, 5.41) is 4.38. The van der Waals surface area contributed by atoms with Gasteiger partial charge >= 0.3 is 5.69 Å². The van der Waals surface area contributed by atoms with E-state index in [2.05, 4.69) is 5.10 Å². The van der Waals surface area contributed by atoms with Crippen molar-refractivity contribution < 1.29 is 12.8 Å². The van der Waals surface area contributed by atoms with Crippen LogP contribution in [0, 0.1) is 5.82 Å². The van der Waals surface area contributed by atoms with E-state index in [0.29, 0.717) is 5.56 Å². The molecule has 0 radical (unpaired) electrons. The number of hydrogen-bond acceptors (Lipinski definition) is 6. The van der Waals surface area contributed by atoms with Crippen LogP contribution in [0.15, 0.2) is 87.3 Å². The average molecular weight is 529 g/mol. The largest absolute Gasteiger partial charge is 0.352 e. The van der Waals surface area contributed by atoms with Crippen LogP contribution in [0.1, 0.15) is 22.9 Å². The molecule has 0 aliphatic carbocycles. The minimum atomic E-state index is -3.82. The highest BCUT2D eigenvalue weighted by Crippen LogP contribution is 2.22. The minimum absolute atomic E-state index is 0.193. The predicted molar refractivity (Wildman–Crippen MR) is 135 cm³/mol. The van der Waals surface area contributed by atoms with E-state index in [0.717, 1.165) is 21.6 Å². The van der Waals surface area contributed by atoms with Crippen LogP contribution in [-0.4, -0.2) is 29.0 Å². The second-order valence-electron chi connectivity index (χ2n) is 8.19. The summed E-state index contributed by atoms with van der Waals surface area (Å²) < 4.78 is 41.2. The molecule has 2 N–H and O–H groups in total. The van der Waals surface area contributed by atoms with Crippen molar-refractivity contribution in [2.24, 2.45) is 5.73 Å². The second-order valence-corrected chi connectivity index (χ2v) is 10.6. The third-order valence-corrected chi connectivity index (χ3v) is 7.13. The van der Waals surface area contributed by atoms with Crippen LogP contribution in [0.4, 0.5) is 4.39 Å². The maximum atomic E-state index is 14.8. The molecular formula is C25H22ClFN4O4S. The zero-order valence-corrected chi connectivity index (χ0v) is 20.7. The van der Waals surface area contributed by atoms with Gasteiger partial charge in [0.25, 0.3) is 5.56 Å². The molecule has 1 atom stereocenters. The Bertz CT molecular complexity index is 1650. The Morgan fingerprint density at radius 1 is 1.00 bits per heavy atom. The van der Waals surface area contributed by atoms with Gasteiger partial charge in [-0.25, -0.2) is 17.6 Å². The van der Waals surface area contributed by atoms with E-state index in [9.17, 15) is 22.4 Å². The topological polar surface area (TPSA) is 117 Å². The fraction of sp³-hybridized carbons (Fsp3) is 0.160. The number of benzene rings is 3. The number of nitrogens with two attached hydrogens (primary N) is 1. The van der Waals surface area contributed by atoms with Crippen molar-refractivity contribution in [3.8, 4) is 5.69 Å². The number of rotatable bonds is 7. The van der Waals surface area contributed by atoms with E-state index in [1.165, 1.54) is 18.2 Å². The zero-order chi connectivity index (χ0) is 26.0. The molecule has 186 valence electrons. The molecule has 1 aromatic heterocycles. The molecule has 8 nitrogen and oxygen atoms in total. The number of sulfone groups is 1. The average Bonchev–Trinajstić information content (AvgIpc) is 2.85. The van der Waals surface area contributed by atoms with Crippen molar-refractivity contribution in [3.63, 3.8) is 0 Å². The molecule has 1 heterocycles. The van der Waals surface area contributed by atoms with E-state index < -0.39 is 39.4 Å². The number of para-hydroxylation sites is 1. The first-order valence-electron chi connectivity index (χ1n) is 10.8. The van der Waals surface area contributed by atoms with Gasteiger partial charge in [-0.3, -0.25) is 9.36 Å². The van der Waals surface area contributed by atoms with Gasteiger partial charge in [0.05, 0.1) is 22.2 Å². The first-order chi connectivity index (χ1) is 17.1. The van der Waals surface area contributed by atoms with Gasteiger partial charge in [-0.1, -0.05) is 60.1 Å². The third-order valence-electron chi connectivity index (χ3n) is 5.63. The lowest BCUT2D eigenvalue weighted by Crippen LogP contribution is -2.45. The monoisotopic (exact) mass is 528 g/mol. The summed E-state index contributed by atoms with van der Waals surface area (Å²) in [4.78, 5) is 26.5. The zero-order valence-electron chi connectivity index (χ0n) is 19.1. The second kappa shape index (κ2) is 10.2. The molecule has 3 aromatic carbocycles. The number of aromatic nitrogens is 3. The highest BCUT2D eigenvalue weighted by molar-refractivity contribution is 7.90. The molecule has 1 unspecified atom stereocenters. The molecule has 0 fully saturated rings. The van der Waals surface area contributed by atoms with Gasteiger partial charge in [-0.2, -0.15) is 9.78 Å². The van der Waals surface area contributed by atoms with Gasteiger partial charge in [0, 0.05) is 24.3 Å². The maximum absolute atomic E-state index is 14.8. The van der Waals surface area contributed by atoms with Crippen molar-refractivity contribution in [1.82, 2.24) is 14.3 Å². The Hall–Kier alpha value is -3.60. The fourth-order valence-electron chi connectivity index (χ4n) is 3.84. The molecule has 4 rings (SSSR count). The first-order valence-corrected chi connectivity index (χ1v) is 13.1. The molecule has 4 aromatic rings. The van der Waals surface area contributed by atoms with Crippen LogP contribution in [0.25, 0.3) is 5.69 Å². The lowest BCUT2D eigenvalue weighted by molar-refractivity contribution is 0.502. The third kappa shape index (κ3) is 5.15. The Morgan fingerprint density at radius 2 is 1.67 bits per heavy atom. The highest BCUT2D eigenvalue weighted by Gasteiger charge is 2.23. The summed E-state index contributed by atoms with van der Waals surface area (Å²) >= 11 is 6.30. The molecule has 0 spiro atoms. The van der Waals surface area contributed by atoms with E-state index in [1.807, 2.05) is 6.07 Å². The molecule has 0 amide bonds. The predicted octanol–water partition coefficient (Wildman–Crippen LogP) is 2.88. The Kier molecular flexibility index (Phi) is 7.21. The number of nitrogens with zero attached hydrogens (tertiary/aromatic N) is 3. The van der Waals surface area contributed by atoms with Crippen molar-refractivity contribution >= 4 is 21.4 Å². The normalized spacial score (nSPS) is 12.4. The lowest BCUT2D eigenvalue weighted by atomic mass is 10.1. The standard InChI is InChI=1S/C25H22ClFN4O4S/c1-36(34,35)23-13-7-11-19(27)17(23)14-21-24(32)30(15-20(28)16-8-3-2-4-9-16)25(33)31(29-21)22-12-6-5-10-18(22)26/h2-13,20H,14-15,28H2,1H3. The van der Waals surface area contributed by atoms with E-state index in [4.69, 9.17) is 17.3 Å². The summed E-state index contributed by atoms with van der Waals surface area (Å²) in [6.45, 7) is -0.197. The summed E-state index contributed by atoms with van der Waals surface area (Å²) in [5.41, 5.74) is 5.12. The summed E-state index contributed by atoms with van der Waals surface area (Å²) in [6, 6.07) is 18.2. The smallest absolute Gasteiger partial charge is 0.322 e. The minimum Gasteiger partial charge on any atom is -0.322 e. The molecule has 0 bridgehead atoms. The number of halogens is 2. The highest BCUT2D eigenvalue weighted by atomic mass is 35.5. The summed E-state index contributed by atoms with van der Waals surface area (Å²) in [7, 11) is -3.82. The SMILES string of the molecule is CS(=O)(=O)c1cccc(F)c1Cc1nn(-c2ccccc2Cl)c(=O)n(CC(N)c2ccccc2)c1=O. The van der Waals surface area contributed by atoms with Crippen LogP contribution in [0.3, 0.4) is 0 Å². The molecule has 0 saturated heterocycles. The first kappa shape index (κ1) is 25.5. The Labute approximate surface area is 211 Å². The number of hydrogen-bond donors (Lipinski definition) is 1. The lowest BCUT2D eigenvalue weighted by Gasteiger charge is -2.17. The van der Waals surface area contributed by atoms with Crippen molar-refractivity contribution in [1.29, 1.82) is 0 Å². The van der Waals surface area contributed by atoms with Gasteiger partial charge in [0.1, 0.15) is 11.5 Å². The Balaban J connectivity index is 1.93. The fourth-order valence-corrected chi connectivity index (χ4v) is 5.00. The molecule has 0 aliphatic rings. The Morgan fingerprint density at radius 3 is 2.33 bits per heavy atom. The van der Waals surface area contributed by atoms with Crippen LogP contribution in [0.5, 0.6) is 0 Å². The van der Waals surface area contributed by atoms with Gasteiger partial charge in [0.2, 0.25) is 0 Å². The quantitative estimate of drug-likeness (QED) is 0.394. The van der Waals surface area contributed by atoms with Gasteiger partial charge in [-0.15, -0.1) is 0 Å². The van der Waals surface area contributed by atoms with Crippen molar-refractivity contribution in [3.05, 3.63) is 121 Å². The molecule has 36 heavy (non-hydrogen) atoms. The maximum Gasteiger partial charge on any atom is 0.352 e. The van der Waals surface area contributed by atoms with E-state index in [-0.39, 0.29) is 33.4 Å². The summed E-state index contributed by atoms with van der Waals surface area (Å²) in [5.74, 6) is -0.817. The molecule has 0 aliphatic heterocycles. The van der Waals surface area contributed by atoms with Gasteiger partial charge in [0.15, 0.2) is 9.84 Å². The van der Waals surface area contributed by atoms with Gasteiger partial charge in [-0.05, 0) is 29.8 Å². The van der Waals surface area contributed by atoms with E-state index in [1.54, 1.807) is 42.5 Å². The summed E-state index contributed by atoms with van der Waals surface area (Å²) in [6.07, 6.45) is 0.472.